The van der Waals surface area contributed by atoms with Gasteiger partial charge in [-0.3, -0.25) is 4.90 Å². The molecule has 1 aliphatic heterocycles. The molecule has 3 N–H and O–H groups in total. The molecular weight excluding hydrogens is 550 g/mol. The maximum absolute atomic E-state index is 12.0. The normalized spacial score (nSPS) is 19.0. The molecule has 44 heavy (non-hydrogen) atoms. The molecule has 0 bridgehead atoms. The van der Waals surface area contributed by atoms with Crippen molar-refractivity contribution >= 4 is 6.03 Å². The van der Waals surface area contributed by atoms with Gasteiger partial charge in [0.1, 0.15) is 0 Å². The Labute approximate surface area is 260 Å². The summed E-state index contributed by atoms with van der Waals surface area (Å²) < 4.78 is 13.2. The van der Waals surface area contributed by atoms with Crippen molar-refractivity contribution in [1.29, 1.82) is 0 Å². The Hall–Kier alpha value is -4.01. The van der Waals surface area contributed by atoms with E-state index in [0.29, 0.717) is 13.1 Å². The number of likely N-dealkylation sites (N-methyl/N-ethyl adjacent to an activating group) is 1. The minimum Gasteiger partial charge on any atom is -0.392 e. The van der Waals surface area contributed by atoms with Crippen LogP contribution in [-0.2, 0) is 22.6 Å². The molecule has 4 aromatic rings. The predicted molar refractivity (Wildman–Crippen MR) is 174 cm³/mol. The molecule has 0 aliphatic carbocycles. The highest BCUT2D eigenvalue weighted by atomic mass is 16.7. The molecule has 0 spiro atoms. The largest absolute Gasteiger partial charge is 0.392 e. The van der Waals surface area contributed by atoms with Crippen molar-refractivity contribution in [3.63, 3.8) is 0 Å². The van der Waals surface area contributed by atoms with Crippen LogP contribution in [0.4, 0.5) is 4.79 Å². The Morgan fingerprint density at radius 2 is 1.57 bits per heavy atom. The van der Waals surface area contributed by atoms with E-state index >= 15 is 0 Å². The van der Waals surface area contributed by atoms with E-state index < -0.39 is 6.29 Å². The van der Waals surface area contributed by atoms with E-state index in [1.165, 1.54) is 5.56 Å². The van der Waals surface area contributed by atoms with Gasteiger partial charge >= 0.3 is 6.03 Å². The minimum absolute atomic E-state index is 0.0137. The highest BCUT2D eigenvalue weighted by Gasteiger charge is 2.33. The van der Waals surface area contributed by atoms with Crippen molar-refractivity contribution in [2.24, 2.45) is 0 Å². The number of benzene rings is 4. The third kappa shape index (κ3) is 7.92. The summed E-state index contributed by atoms with van der Waals surface area (Å²) in [6, 6.07) is 35.0. The van der Waals surface area contributed by atoms with Crippen LogP contribution in [0.3, 0.4) is 0 Å². The number of urea groups is 1. The lowest BCUT2D eigenvalue weighted by Crippen LogP contribution is -2.38. The molecule has 0 aromatic heterocycles. The first-order chi connectivity index (χ1) is 21.4. The second kappa shape index (κ2) is 15.1. The van der Waals surface area contributed by atoms with Crippen LogP contribution in [0, 0.1) is 0 Å². The highest BCUT2D eigenvalue weighted by Crippen LogP contribution is 2.39. The van der Waals surface area contributed by atoms with Crippen LogP contribution in [0.1, 0.15) is 66.5 Å². The summed E-state index contributed by atoms with van der Waals surface area (Å²) in [5.74, 6) is 0. The molecule has 1 saturated heterocycles. The first-order valence-electron chi connectivity index (χ1n) is 15.4. The number of ether oxygens (including phenoxy) is 2. The predicted octanol–water partition coefficient (Wildman–Crippen LogP) is 6.90. The van der Waals surface area contributed by atoms with Gasteiger partial charge in [-0.2, -0.15) is 0 Å². The standard InChI is InChI=1S/C37H43N3O4/c1-4-38-37(42)39-23-32-12-8-9-13-34(32)29-18-20-31(21-19-29)36-43-33(24-40(3)26(2)28-10-6-5-7-11-28)22-35(44-36)30-16-14-27(25-41)15-17-30/h5-21,26,33,35-36,41H,4,22-25H2,1-3H3,(H2,38,39,42). The number of rotatable bonds is 11. The topological polar surface area (TPSA) is 83.1 Å². The fraction of sp³-hybridized carbons (Fsp3) is 0.324. The third-order valence-electron chi connectivity index (χ3n) is 8.34. The number of nitrogens with one attached hydrogen (secondary N) is 2. The van der Waals surface area contributed by atoms with Gasteiger partial charge in [0.15, 0.2) is 6.29 Å². The van der Waals surface area contributed by atoms with Crippen molar-refractivity contribution < 1.29 is 19.4 Å². The molecule has 7 heteroatoms. The number of hydrogen-bond acceptors (Lipinski definition) is 5. The fourth-order valence-electron chi connectivity index (χ4n) is 5.67. The first-order valence-corrected chi connectivity index (χ1v) is 15.4. The van der Waals surface area contributed by atoms with Crippen LogP contribution in [0.2, 0.25) is 0 Å². The van der Waals surface area contributed by atoms with E-state index in [1.807, 2.05) is 55.5 Å². The van der Waals surface area contributed by atoms with Gasteiger partial charge in [0.05, 0.1) is 18.8 Å². The number of hydrogen-bond donors (Lipinski definition) is 3. The molecule has 1 fully saturated rings. The Bertz CT molecular complexity index is 1480. The molecular formula is C37H43N3O4. The summed E-state index contributed by atoms with van der Waals surface area (Å²) in [6.45, 7) is 5.91. The van der Waals surface area contributed by atoms with E-state index in [0.717, 1.165) is 46.3 Å². The second-order valence-electron chi connectivity index (χ2n) is 11.4. The summed E-state index contributed by atoms with van der Waals surface area (Å²) in [6.07, 6.45) is 0.00600. The summed E-state index contributed by atoms with van der Waals surface area (Å²) in [4.78, 5) is 14.3. The Morgan fingerprint density at radius 3 is 2.27 bits per heavy atom. The summed E-state index contributed by atoms with van der Waals surface area (Å²) in [5, 5.41) is 15.2. The quantitative estimate of drug-likeness (QED) is 0.176. The molecule has 2 amide bonds. The van der Waals surface area contributed by atoms with Crippen molar-refractivity contribution in [3.8, 4) is 11.1 Å². The Kier molecular flexibility index (Phi) is 10.8. The Balaban J connectivity index is 1.35. The van der Waals surface area contributed by atoms with Crippen molar-refractivity contribution in [1.82, 2.24) is 15.5 Å². The molecule has 4 unspecified atom stereocenters. The van der Waals surface area contributed by atoms with Crippen molar-refractivity contribution in [2.75, 3.05) is 20.1 Å². The molecule has 0 saturated carbocycles. The van der Waals surface area contributed by atoms with Gasteiger partial charge in [0, 0.05) is 37.7 Å². The zero-order chi connectivity index (χ0) is 30.9. The van der Waals surface area contributed by atoms with Gasteiger partial charge in [0.2, 0.25) is 0 Å². The van der Waals surface area contributed by atoms with Crippen LogP contribution >= 0.6 is 0 Å². The molecule has 7 nitrogen and oxygen atoms in total. The van der Waals surface area contributed by atoms with E-state index in [2.05, 4.69) is 84.1 Å². The van der Waals surface area contributed by atoms with Gasteiger partial charge in [-0.25, -0.2) is 4.79 Å². The second-order valence-corrected chi connectivity index (χ2v) is 11.4. The average molecular weight is 594 g/mol. The SMILES string of the molecule is CCNC(=O)NCc1ccccc1-c1ccc(C2OC(CN(C)C(C)c3ccccc3)CC(c3ccc(CO)cc3)O2)cc1. The number of aliphatic hydroxyl groups is 1. The zero-order valence-electron chi connectivity index (χ0n) is 25.8. The lowest BCUT2D eigenvalue weighted by atomic mass is 9.97. The molecule has 0 radical (unpaired) electrons. The monoisotopic (exact) mass is 593 g/mol. The molecule has 1 heterocycles. The van der Waals surface area contributed by atoms with Gasteiger partial charge in [0.25, 0.3) is 0 Å². The van der Waals surface area contributed by atoms with E-state index in [1.54, 1.807) is 0 Å². The molecule has 230 valence electrons. The van der Waals surface area contributed by atoms with Crippen LogP contribution < -0.4 is 10.6 Å². The fourth-order valence-corrected chi connectivity index (χ4v) is 5.67. The molecule has 4 aromatic carbocycles. The number of nitrogens with zero attached hydrogens (tertiary/aromatic N) is 1. The maximum Gasteiger partial charge on any atom is 0.315 e. The van der Waals surface area contributed by atoms with Crippen LogP contribution in [0.15, 0.2) is 103 Å². The lowest BCUT2D eigenvalue weighted by Gasteiger charge is -2.39. The van der Waals surface area contributed by atoms with Crippen LogP contribution in [-0.4, -0.2) is 42.3 Å². The van der Waals surface area contributed by atoms with Crippen molar-refractivity contribution in [3.05, 3.63) is 131 Å². The smallest absolute Gasteiger partial charge is 0.315 e. The number of aliphatic hydroxyl groups excluding tert-OH is 1. The molecule has 1 aliphatic rings. The summed E-state index contributed by atoms with van der Waals surface area (Å²) in [7, 11) is 2.14. The lowest BCUT2D eigenvalue weighted by molar-refractivity contribution is -0.253. The zero-order valence-corrected chi connectivity index (χ0v) is 25.8. The highest BCUT2D eigenvalue weighted by molar-refractivity contribution is 5.74. The van der Waals surface area contributed by atoms with Gasteiger partial charge < -0.3 is 25.2 Å². The van der Waals surface area contributed by atoms with E-state index in [-0.39, 0.29) is 30.9 Å². The maximum atomic E-state index is 12.0. The number of carbonyl (C=O) groups is 1. The van der Waals surface area contributed by atoms with Crippen LogP contribution in [0.5, 0.6) is 0 Å². The first kappa shape index (κ1) is 31.4. The van der Waals surface area contributed by atoms with Gasteiger partial charge in [-0.05, 0) is 54.3 Å². The molecule has 4 atom stereocenters. The summed E-state index contributed by atoms with van der Waals surface area (Å²) >= 11 is 0. The van der Waals surface area contributed by atoms with Crippen LogP contribution in [0.25, 0.3) is 11.1 Å². The minimum atomic E-state index is -0.527. The Morgan fingerprint density at radius 1 is 0.886 bits per heavy atom. The number of amides is 2. The molecule has 5 rings (SSSR count). The third-order valence-corrected chi connectivity index (χ3v) is 8.34. The average Bonchev–Trinajstić information content (AvgIpc) is 3.07. The van der Waals surface area contributed by atoms with E-state index in [4.69, 9.17) is 9.47 Å². The van der Waals surface area contributed by atoms with Gasteiger partial charge in [-0.1, -0.05) is 103 Å². The van der Waals surface area contributed by atoms with E-state index in [9.17, 15) is 9.90 Å². The summed E-state index contributed by atoms with van der Waals surface area (Å²) in [5.41, 5.74) is 7.34. The van der Waals surface area contributed by atoms with Gasteiger partial charge in [-0.15, -0.1) is 0 Å². The number of carbonyl (C=O) groups excluding carboxylic acids is 1. The van der Waals surface area contributed by atoms with Crippen molar-refractivity contribution in [2.45, 2.75) is 58.0 Å².